The van der Waals surface area contributed by atoms with Crippen molar-refractivity contribution in [2.45, 2.75) is 35.6 Å². The highest BCUT2D eigenvalue weighted by Crippen LogP contribution is 2.55. The van der Waals surface area contributed by atoms with Crippen LogP contribution in [-0.2, 0) is 16.1 Å². The molecule has 0 radical (unpaired) electrons. The lowest BCUT2D eigenvalue weighted by Crippen LogP contribution is -2.52. The second kappa shape index (κ2) is 5.98. The summed E-state index contributed by atoms with van der Waals surface area (Å²) in [6.45, 7) is 1.33. The summed E-state index contributed by atoms with van der Waals surface area (Å²) in [5.74, 6) is -0.0471. The molecule has 2 aliphatic rings. The molecule has 3 heterocycles. The van der Waals surface area contributed by atoms with E-state index in [4.69, 9.17) is 0 Å². The van der Waals surface area contributed by atoms with E-state index in [2.05, 4.69) is 10.4 Å². The first-order valence-corrected chi connectivity index (χ1v) is 8.89. The minimum atomic E-state index is -0.813. The lowest BCUT2D eigenvalue weighted by Gasteiger charge is -2.29. The summed E-state index contributed by atoms with van der Waals surface area (Å²) in [5.41, 5.74) is 0.858. The van der Waals surface area contributed by atoms with E-state index in [1.54, 1.807) is 11.1 Å². The highest BCUT2D eigenvalue weighted by Gasteiger charge is 2.57. The molecule has 0 saturated carbocycles. The number of aryl methyl sites for hydroxylation is 1. The molecule has 1 atom stereocenters. The smallest absolute Gasteiger partial charge is 0.257 e. The fraction of sp³-hybridized carbons (Fsp3) is 0.353. The Bertz CT molecular complexity index is 777. The molecule has 2 amide bonds. The maximum absolute atomic E-state index is 12.9. The number of fused-ring (bicyclic) bond motifs is 3. The van der Waals surface area contributed by atoms with Gasteiger partial charge in [-0.1, -0.05) is 23.9 Å². The number of aromatic nitrogens is 2. The maximum atomic E-state index is 12.9. The molecule has 1 aromatic carbocycles. The quantitative estimate of drug-likeness (QED) is 0.844. The van der Waals surface area contributed by atoms with Gasteiger partial charge in [-0.3, -0.25) is 19.2 Å². The van der Waals surface area contributed by atoms with Crippen molar-refractivity contribution in [2.75, 3.05) is 11.4 Å². The van der Waals surface area contributed by atoms with Crippen LogP contribution in [0.3, 0.4) is 0 Å². The van der Waals surface area contributed by atoms with Gasteiger partial charge in [-0.2, -0.15) is 5.10 Å². The molecule has 2 aromatic rings. The second-order valence-corrected chi connectivity index (χ2v) is 7.28. The molecule has 1 N–H and O–H groups in total. The monoisotopic (exact) mass is 342 g/mol. The van der Waals surface area contributed by atoms with E-state index in [9.17, 15) is 9.59 Å². The van der Waals surface area contributed by atoms with Crippen molar-refractivity contribution >= 4 is 29.3 Å². The van der Waals surface area contributed by atoms with Crippen LogP contribution in [0.1, 0.15) is 19.3 Å². The Balaban J connectivity index is 1.44. The number of para-hydroxylation sites is 1. The number of anilines is 1. The molecule has 124 valence electrons. The molecule has 6 nitrogen and oxygen atoms in total. The van der Waals surface area contributed by atoms with Crippen molar-refractivity contribution < 1.29 is 9.59 Å². The number of benzene rings is 1. The molecular weight excluding hydrogens is 324 g/mol. The number of thioether (sulfide) groups is 1. The SMILES string of the molecule is O=C1CC[C@@]2(C(=O)NCCCn3cccn3)Sc3ccccc3N12. The summed E-state index contributed by atoms with van der Waals surface area (Å²) in [5, 5.41) is 7.16. The highest BCUT2D eigenvalue weighted by molar-refractivity contribution is 8.02. The molecule has 1 fully saturated rings. The van der Waals surface area contributed by atoms with E-state index in [1.165, 1.54) is 11.8 Å². The Kier molecular flexibility index (Phi) is 3.80. The highest BCUT2D eigenvalue weighted by atomic mass is 32.2. The van der Waals surface area contributed by atoms with Gasteiger partial charge < -0.3 is 5.32 Å². The van der Waals surface area contributed by atoms with Crippen LogP contribution in [0.5, 0.6) is 0 Å². The van der Waals surface area contributed by atoms with Crippen LogP contribution in [0.25, 0.3) is 0 Å². The third-order valence-electron chi connectivity index (χ3n) is 4.44. The third kappa shape index (κ3) is 2.39. The first kappa shape index (κ1) is 15.3. The lowest BCUT2D eigenvalue weighted by atomic mass is 10.2. The Morgan fingerprint density at radius 3 is 3.04 bits per heavy atom. The number of carbonyl (C=O) groups excluding carboxylic acids is 2. The molecule has 0 aliphatic carbocycles. The van der Waals surface area contributed by atoms with Gasteiger partial charge in [-0.05, 0) is 31.0 Å². The standard InChI is InChI=1S/C17H18N4O2S/c22-15-7-8-17(21(15)13-5-1-2-6-14(13)24-17)16(23)18-9-3-11-20-12-4-10-19-20/h1-2,4-6,10,12H,3,7-9,11H2,(H,18,23)/t17-/m0/s1. The number of hydrogen-bond donors (Lipinski definition) is 1. The largest absolute Gasteiger partial charge is 0.353 e. The number of carbonyl (C=O) groups is 2. The van der Waals surface area contributed by atoms with E-state index in [-0.39, 0.29) is 11.8 Å². The lowest BCUT2D eigenvalue weighted by molar-refractivity contribution is -0.124. The van der Waals surface area contributed by atoms with Crippen molar-refractivity contribution in [3.8, 4) is 0 Å². The number of nitrogens with zero attached hydrogens (tertiary/aromatic N) is 3. The van der Waals surface area contributed by atoms with E-state index >= 15 is 0 Å². The third-order valence-corrected chi connectivity index (χ3v) is 5.91. The van der Waals surface area contributed by atoms with Gasteiger partial charge in [0.2, 0.25) is 5.91 Å². The normalized spacial score (nSPS) is 21.7. The predicted molar refractivity (Wildman–Crippen MR) is 91.6 cm³/mol. The fourth-order valence-electron chi connectivity index (χ4n) is 3.31. The van der Waals surface area contributed by atoms with Crippen LogP contribution in [0, 0.1) is 0 Å². The summed E-state index contributed by atoms with van der Waals surface area (Å²) in [7, 11) is 0. The van der Waals surface area contributed by atoms with Gasteiger partial charge in [0.25, 0.3) is 5.91 Å². The first-order valence-electron chi connectivity index (χ1n) is 8.07. The zero-order chi connectivity index (χ0) is 16.6. The van der Waals surface area contributed by atoms with Crippen molar-refractivity contribution in [2.24, 2.45) is 0 Å². The molecule has 1 aromatic heterocycles. The minimum Gasteiger partial charge on any atom is -0.353 e. The van der Waals surface area contributed by atoms with Gasteiger partial charge in [0, 0.05) is 36.8 Å². The number of hydrogen-bond acceptors (Lipinski definition) is 4. The van der Waals surface area contributed by atoms with E-state index in [0.717, 1.165) is 23.5 Å². The Morgan fingerprint density at radius 2 is 2.21 bits per heavy atom. The number of nitrogens with one attached hydrogen (secondary N) is 1. The molecule has 24 heavy (non-hydrogen) atoms. The zero-order valence-corrected chi connectivity index (χ0v) is 14.0. The molecular formula is C17H18N4O2S. The van der Waals surface area contributed by atoms with Gasteiger partial charge in [-0.25, -0.2) is 0 Å². The van der Waals surface area contributed by atoms with Crippen molar-refractivity contribution in [3.63, 3.8) is 0 Å². The van der Waals surface area contributed by atoms with Crippen LogP contribution >= 0.6 is 11.8 Å². The Hall–Kier alpha value is -2.28. The van der Waals surface area contributed by atoms with Crippen LogP contribution in [0.4, 0.5) is 5.69 Å². The Labute approximate surface area is 144 Å². The predicted octanol–water partition coefficient (Wildman–Crippen LogP) is 2.02. The molecule has 0 bridgehead atoms. The summed E-state index contributed by atoms with van der Waals surface area (Å²) in [6, 6.07) is 9.61. The van der Waals surface area contributed by atoms with Crippen molar-refractivity contribution in [1.82, 2.24) is 15.1 Å². The topological polar surface area (TPSA) is 67.2 Å². The van der Waals surface area contributed by atoms with Gasteiger partial charge in [0.05, 0.1) is 5.69 Å². The first-order chi connectivity index (χ1) is 11.7. The van der Waals surface area contributed by atoms with Gasteiger partial charge in [0.1, 0.15) is 0 Å². The fourth-order valence-corrected chi connectivity index (χ4v) is 4.75. The van der Waals surface area contributed by atoms with Crippen molar-refractivity contribution in [1.29, 1.82) is 0 Å². The molecule has 1 saturated heterocycles. The average Bonchev–Trinajstić information content (AvgIpc) is 3.28. The summed E-state index contributed by atoms with van der Waals surface area (Å²) in [6.07, 6.45) is 5.42. The van der Waals surface area contributed by atoms with E-state index in [0.29, 0.717) is 19.4 Å². The van der Waals surface area contributed by atoms with Gasteiger partial charge in [-0.15, -0.1) is 0 Å². The average molecular weight is 342 g/mol. The second-order valence-electron chi connectivity index (χ2n) is 5.96. The van der Waals surface area contributed by atoms with Crippen LogP contribution in [0.2, 0.25) is 0 Å². The van der Waals surface area contributed by atoms with Crippen molar-refractivity contribution in [3.05, 3.63) is 42.7 Å². The summed E-state index contributed by atoms with van der Waals surface area (Å²) in [4.78, 5) is 27.1. The molecule has 0 spiro atoms. The molecule has 7 heteroatoms. The molecule has 0 unspecified atom stereocenters. The van der Waals surface area contributed by atoms with Crippen LogP contribution in [-0.4, -0.2) is 33.0 Å². The van der Waals surface area contributed by atoms with E-state index < -0.39 is 4.87 Å². The van der Waals surface area contributed by atoms with Crippen LogP contribution in [0.15, 0.2) is 47.6 Å². The maximum Gasteiger partial charge on any atom is 0.257 e. The van der Waals surface area contributed by atoms with E-state index in [1.807, 2.05) is 41.2 Å². The molecule has 2 aliphatic heterocycles. The Morgan fingerprint density at radius 1 is 1.33 bits per heavy atom. The number of rotatable bonds is 5. The minimum absolute atomic E-state index is 0.0270. The van der Waals surface area contributed by atoms with Gasteiger partial charge >= 0.3 is 0 Å². The van der Waals surface area contributed by atoms with Crippen LogP contribution < -0.4 is 10.2 Å². The zero-order valence-electron chi connectivity index (χ0n) is 13.1. The summed E-state index contributed by atoms with van der Waals surface area (Å²) >= 11 is 1.50. The summed E-state index contributed by atoms with van der Waals surface area (Å²) < 4.78 is 1.84. The van der Waals surface area contributed by atoms with Gasteiger partial charge in [0.15, 0.2) is 4.87 Å². The number of amides is 2. The molecule has 4 rings (SSSR count).